The van der Waals surface area contributed by atoms with E-state index < -0.39 is 0 Å². The molecule has 1 aromatic carbocycles. The standard InChI is InChI=1S/C23H26N2O2/c1-3-4-5-6-17(2)13-23-24-20-9-11-25(16-22(20)27-23)15-18-7-8-19-10-12-26-21(19)14-18/h3-8,14H,1,9-13,15-16H2,2H3/b5-4-,17-6+. The van der Waals surface area contributed by atoms with Crippen molar-refractivity contribution >= 4 is 0 Å². The minimum absolute atomic E-state index is 0.747. The molecule has 0 saturated carbocycles. The molecule has 0 bridgehead atoms. The number of benzene rings is 1. The third-order valence-corrected chi connectivity index (χ3v) is 5.08. The van der Waals surface area contributed by atoms with Gasteiger partial charge in [-0.05, 0) is 24.1 Å². The van der Waals surface area contributed by atoms with Gasteiger partial charge in [-0.25, -0.2) is 4.98 Å². The van der Waals surface area contributed by atoms with Gasteiger partial charge in [0.15, 0.2) is 5.89 Å². The van der Waals surface area contributed by atoms with Crippen LogP contribution in [0.5, 0.6) is 5.75 Å². The maximum Gasteiger partial charge on any atom is 0.198 e. The zero-order valence-corrected chi connectivity index (χ0v) is 15.9. The average molecular weight is 362 g/mol. The van der Waals surface area contributed by atoms with Crippen molar-refractivity contribution in [2.24, 2.45) is 0 Å². The molecule has 4 heteroatoms. The van der Waals surface area contributed by atoms with Gasteiger partial charge in [0.25, 0.3) is 0 Å². The minimum atomic E-state index is 0.747. The fourth-order valence-electron chi connectivity index (χ4n) is 3.68. The Kier molecular flexibility index (Phi) is 5.26. The van der Waals surface area contributed by atoms with Gasteiger partial charge in [-0.2, -0.15) is 0 Å². The quantitative estimate of drug-likeness (QED) is 0.714. The number of ether oxygens (including phenoxy) is 1. The molecule has 0 N–H and O–H groups in total. The molecule has 0 unspecified atom stereocenters. The number of nitrogens with zero attached hydrogens (tertiary/aromatic N) is 2. The third kappa shape index (κ3) is 4.22. The van der Waals surface area contributed by atoms with Gasteiger partial charge in [0.2, 0.25) is 0 Å². The van der Waals surface area contributed by atoms with E-state index in [9.17, 15) is 0 Å². The molecule has 0 aliphatic carbocycles. The van der Waals surface area contributed by atoms with Crippen molar-refractivity contribution in [1.29, 1.82) is 0 Å². The average Bonchev–Trinajstić information content (AvgIpc) is 3.27. The summed E-state index contributed by atoms with van der Waals surface area (Å²) >= 11 is 0. The van der Waals surface area contributed by atoms with Crippen LogP contribution >= 0.6 is 0 Å². The number of hydrogen-bond donors (Lipinski definition) is 0. The van der Waals surface area contributed by atoms with Crippen LogP contribution in [0.2, 0.25) is 0 Å². The highest BCUT2D eigenvalue weighted by molar-refractivity contribution is 5.40. The fourth-order valence-corrected chi connectivity index (χ4v) is 3.68. The van der Waals surface area contributed by atoms with Gasteiger partial charge in [-0.3, -0.25) is 4.90 Å². The second kappa shape index (κ2) is 7.97. The van der Waals surface area contributed by atoms with Crippen molar-refractivity contribution in [3.63, 3.8) is 0 Å². The normalized spacial score (nSPS) is 17.0. The van der Waals surface area contributed by atoms with Crippen LogP contribution in [0.1, 0.15) is 35.4 Å². The first kappa shape index (κ1) is 17.8. The van der Waals surface area contributed by atoms with E-state index in [1.165, 1.54) is 16.7 Å². The van der Waals surface area contributed by atoms with Crippen LogP contribution in [-0.4, -0.2) is 23.0 Å². The molecule has 2 aliphatic rings. The lowest BCUT2D eigenvalue weighted by Gasteiger charge is -2.25. The van der Waals surface area contributed by atoms with Crippen LogP contribution in [0.15, 0.2) is 59.1 Å². The van der Waals surface area contributed by atoms with Crippen molar-refractivity contribution in [1.82, 2.24) is 9.88 Å². The van der Waals surface area contributed by atoms with Gasteiger partial charge >= 0.3 is 0 Å². The summed E-state index contributed by atoms with van der Waals surface area (Å²) in [4.78, 5) is 7.13. The van der Waals surface area contributed by atoms with Crippen molar-refractivity contribution in [3.8, 4) is 5.75 Å². The molecule has 0 saturated heterocycles. The molecule has 0 radical (unpaired) electrons. The molecule has 0 spiro atoms. The molecule has 2 aliphatic heterocycles. The van der Waals surface area contributed by atoms with E-state index in [2.05, 4.69) is 42.7 Å². The van der Waals surface area contributed by atoms with Crippen molar-refractivity contribution < 1.29 is 9.15 Å². The summed E-state index contributed by atoms with van der Waals surface area (Å²) in [5.41, 5.74) is 4.97. The van der Waals surface area contributed by atoms with Gasteiger partial charge in [-0.1, -0.05) is 48.6 Å². The number of oxazole rings is 1. The Morgan fingerprint density at radius 1 is 1.30 bits per heavy atom. The summed E-state index contributed by atoms with van der Waals surface area (Å²) < 4.78 is 11.8. The lowest BCUT2D eigenvalue weighted by atomic mass is 10.1. The van der Waals surface area contributed by atoms with Gasteiger partial charge in [0.05, 0.1) is 18.8 Å². The van der Waals surface area contributed by atoms with E-state index in [1.54, 1.807) is 6.08 Å². The molecule has 3 heterocycles. The van der Waals surface area contributed by atoms with Crippen molar-refractivity contribution in [2.75, 3.05) is 13.2 Å². The van der Waals surface area contributed by atoms with E-state index >= 15 is 0 Å². The van der Waals surface area contributed by atoms with Crippen molar-refractivity contribution in [2.45, 2.75) is 39.3 Å². The number of fused-ring (bicyclic) bond motifs is 2. The summed E-state index contributed by atoms with van der Waals surface area (Å²) in [5.74, 6) is 2.89. The third-order valence-electron chi connectivity index (χ3n) is 5.08. The van der Waals surface area contributed by atoms with Gasteiger partial charge in [0, 0.05) is 32.4 Å². The first-order valence-corrected chi connectivity index (χ1v) is 9.60. The topological polar surface area (TPSA) is 38.5 Å². The zero-order valence-electron chi connectivity index (χ0n) is 15.9. The van der Waals surface area contributed by atoms with Crippen LogP contribution in [0.3, 0.4) is 0 Å². The van der Waals surface area contributed by atoms with Gasteiger partial charge in [0.1, 0.15) is 11.5 Å². The molecule has 2 aromatic rings. The van der Waals surface area contributed by atoms with Crippen LogP contribution in [0.25, 0.3) is 0 Å². The second-order valence-corrected chi connectivity index (χ2v) is 7.29. The SMILES string of the molecule is C=C/C=C\C=C(/C)Cc1nc2c(o1)CN(Cc1ccc3c(c1)OCC3)CC2. The van der Waals surface area contributed by atoms with Gasteiger partial charge < -0.3 is 9.15 Å². The Morgan fingerprint density at radius 2 is 2.22 bits per heavy atom. The molecular formula is C23H26N2O2. The van der Waals surface area contributed by atoms with E-state index in [0.29, 0.717) is 0 Å². The highest BCUT2D eigenvalue weighted by Gasteiger charge is 2.23. The lowest BCUT2D eigenvalue weighted by Crippen LogP contribution is -2.29. The molecule has 0 amide bonds. The van der Waals surface area contributed by atoms with Gasteiger partial charge in [-0.15, -0.1) is 0 Å². The molecule has 0 atom stereocenters. The monoisotopic (exact) mass is 362 g/mol. The molecular weight excluding hydrogens is 336 g/mol. The molecule has 4 nitrogen and oxygen atoms in total. The van der Waals surface area contributed by atoms with E-state index in [-0.39, 0.29) is 0 Å². The number of allylic oxidation sites excluding steroid dienone is 5. The number of aromatic nitrogens is 1. The Morgan fingerprint density at radius 3 is 3.11 bits per heavy atom. The Labute approximate surface area is 160 Å². The Hall–Kier alpha value is -2.59. The summed E-state index contributed by atoms with van der Waals surface area (Å²) in [5, 5.41) is 0. The summed E-state index contributed by atoms with van der Waals surface area (Å²) in [6.07, 6.45) is 10.5. The minimum Gasteiger partial charge on any atom is -0.493 e. The predicted octanol–water partition coefficient (Wildman–Crippen LogP) is 4.40. The largest absolute Gasteiger partial charge is 0.493 e. The summed E-state index contributed by atoms with van der Waals surface area (Å²) in [6, 6.07) is 6.61. The second-order valence-electron chi connectivity index (χ2n) is 7.29. The molecule has 27 heavy (non-hydrogen) atoms. The van der Waals surface area contributed by atoms with Crippen LogP contribution < -0.4 is 4.74 Å². The fraction of sp³-hybridized carbons (Fsp3) is 0.348. The maximum absolute atomic E-state index is 6.06. The van der Waals surface area contributed by atoms with Crippen molar-refractivity contribution in [3.05, 3.63) is 83.1 Å². The molecule has 1 aromatic heterocycles. The lowest BCUT2D eigenvalue weighted by molar-refractivity contribution is 0.219. The maximum atomic E-state index is 6.06. The van der Waals surface area contributed by atoms with E-state index in [0.717, 1.165) is 68.6 Å². The van der Waals surface area contributed by atoms with Crippen LogP contribution in [0, 0.1) is 0 Å². The van der Waals surface area contributed by atoms with Crippen LogP contribution in [-0.2, 0) is 32.4 Å². The Bertz CT molecular complexity index is 892. The highest BCUT2D eigenvalue weighted by Crippen LogP contribution is 2.28. The molecule has 0 fully saturated rings. The highest BCUT2D eigenvalue weighted by atomic mass is 16.5. The predicted molar refractivity (Wildman–Crippen MR) is 107 cm³/mol. The summed E-state index contributed by atoms with van der Waals surface area (Å²) in [7, 11) is 0. The van der Waals surface area contributed by atoms with E-state index in [4.69, 9.17) is 14.1 Å². The Balaban J connectivity index is 1.40. The zero-order chi connectivity index (χ0) is 18.6. The molecule has 4 rings (SSSR count). The first-order valence-electron chi connectivity index (χ1n) is 9.60. The number of hydrogen-bond acceptors (Lipinski definition) is 4. The van der Waals surface area contributed by atoms with Crippen LogP contribution in [0.4, 0.5) is 0 Å². The first-order chi connectivity index (χ1) is 13.2. The molecule has 140 valence electrons. The van der Waals surface area contributed by atoms with E-state index in [1.807, 2.05) is 12.2 Å². The number of rotatable bonds is 6. The smallest absolute Gasteiger partial charge is 0.198 e. The summed E-state index contributed by atoms with van der Waals surface area (Å²) in [6.45, 7) is 9.33.